The lowest BCUT2D eigenvalue weighted by atomic mass is 10.1. The van der Waals surface area contributed by atoms with Crippen molar-refractivity contribution in [2.45, 2.75) is 38.3 Å². The monoisotopic (exact) mass is 303 g/mol. The molecule has 2 aromatic rings. The van der Waals surface area contributed by atoms with Gasteiger partial charge in [-0.2, -0.15) is 4.98 Å². The van der Waals surface area contributed by atoms with Crippen LogP contribution in [0.2, 0.25) is 0 Å². The fraction of sp³-hybridized carbons (Fsp3) is 0.667. The lowest BCUT2D eigenvalue weighted by molar-refractivity contribution is 0.0711. The van der Waals surface area contributed by atoms with Gasteiger partial charge in [0.2, 0.25) is 5.89 Å². The van der Waals surface area contributed by atoms with Gasteiger partial charge in [-0.05, 0) is 26.8 Å². The number of rotatable bonds is 4. The molecule has 1 aliphatic heterocycles. The maximum Gasteiger partial charge on any atom is 0.245 e. The second-order valence-corrected chi connectivity index (χ2v) is 6.40. The summed E-state index contributed by atoms with van der Waals surface area (Å²) in [6.45, 7) is 5.62. The predicted molar refractivity (Wildman–Crippen MR) is 78.2 cm³/mol. The highest BCUT2D eigenvalue weighted by Gasteiger charge is 2.33. The molecule has 0 amide bonds. The van der Waals surface area contributed by atoms with Crippen LogP contribution in [0, 0.1) is 6.92 Å². The van der Waals surface area contributed by atoms with Crippen molar-refractivity contribution >= 4 is 0 Å². The van der Waals surface area contributed by atoms with Crippen molar-refractivity contribution in [2.24, 2.45) is 0 Å². The summed E-state index contributed by atoms with van der Waals surface area (Å²) in [5, 5.41) is 7.91. The second kappa shape index (κ2) is 5.48. The Morgan fingerprint density at radius 1 is 1.27 bits per heavy atom. The Balaban J connectivity index is 1.47. The van der Waals surface area contributed by atoms with E-state index in [4.69, 9.17) is 9.05 Å². The zero-order valence-corrected chi connectivity index (χ0v) is 13.0. The summed E-state index contributed by atoms with van der Waals surface area (Å²) >= 11 is 0. The van der Waals surface area contributed by atoms with Crippen LogP contribution in [0.4, 0.5) is 0 Å². The lowest BCUT2D eigenvalue weighted by Crippen LogP contribution is -2.46. The molecular formula is C15H21N5O2. The van der Waals surface area contributed by atoms with Crippen LogP contribution in [0.15, 0.2) is 15.2 Å². The van der Waals surface area contributed by atoms with Crippen molar-refractivity contribution in [1.82, 2.24) is 25.1 Å². The zero-order chi connectivity index (χ0) is 15.1. The van der Waals surface area contributed by atoms with E-state index in [0.717, 1.165) is 31.9 Å². The van der Waals surface area contributed by atoms with Gasteiger partial charge in [0.1, 0.15) is 11.8 Å². The Bertz CT molecular complexity index is 648. The first kappa shape index (κ1) is 13.9. The average molecular weight is 303 g/mol. The maximum atomic E-state index is 5.44. The summed E-state index contributed by atoms with van der Waals surface area (Å²) < 4.78 is 10.8. The van der Waals surface area contributed by atoms with Crippen molar-refractivity contribution in [3.63, 3.8) is 0 Å². The van der Waals surface area contributed by atoms with Crippen LogP contribution < -0.4 is 0 Å². The molecule has 1 saturated heterocycles. The minimum absolute atomic E-state index is 0.152. The molecule has 7 nitrogen and oxygen atoms in total. The van der Waals surface area contributed by atoms with Gasteiger partial charge in [0, 0.05) is 37.7 Å². The van der Waals surface area contributed by atoms with Crippen molar-refractivity contribution in [3.8, 4) is 0 Å². The Morgan fingerprint density at radius 2 is 2.14 bits per heavy atom. The molecule has 0 unspecified atom stereocenters. The molecular weight excluding hydrogens is 282 g/mol. The summed E-state index contributed by atoms with van der Waals surface area (Å²) in [6, 6.07) is 0.152. The SMILES string of the molecule is Cc1noc([C@H]2CN(Cc3cnoc3C3CC3)CCN2C)n1. The van der Waals surface area contributed by atoms with Crippen molar-refractivity contribution in [3.05, 3.63) is 29.2 Å². The van der Waals surface area contributed by atoms with Crippen LogP contribution in [0.1, 0.15) is 47.8 Å². The molecule has 3 heterocycles. The standard InChI is InChI=1S/C15H21N5O2/c1-10-17-15(22-18-10)13-9-20(6-5-19(13)2)8-12-7-16-21-14(12)11-3-4-11/h7,11,13H,3-6,8-9H2,1-2H3/t13-/m1/s1. The number of hydrogen-bond donors (Lipinski definition) is 0. The molecule has 22 heavy (non-hydrogen) atoms. The fourth-order valence-electron chi connectivity index (χ4n) is 3.10. The van der Waals surface area contributed by atoms with Gasteiger partial charge < -0.3 is 9.05 Å². The Kier molecular flexibility index (Phi) is 3.46. The quantitative estimate of drug-likeness (QED) is 0.851. The molecule has 0 N–H and O–H groups in total. The van der Waals surface area contributed by atoms with Crippen LogP contribution in [0.5, 0.6) is 0 Å². The normalized spacial score (nSPS) is 24.0. The highest BCUT2D eigenvalue weighted by molar-refractivity contribution is 5.21. The summed E-state index contributed by atoms with van der Waals surface area (Å²) in [5.41, 5.74) is 1.23. The van der Waals surface area contributed by atoms with E-state index in [-0.39, 0.29) is 6.04 Å². The number of aromatic nitrogens is 3. The molecule has 2 fully saturated rings. The van der Waals surface area contributed by atoms with E-state index in [1.807, 2.05) is 13.1 Å². The van der Waals surface area contributed by atoms with Gasteiger partial charge in [-0.25, -0.2) is 0 Å². The van der Waals surface area contributed by atoms with Gasteiger partial charge in [0.05, 0.1) is 6.20 Å². The molecule has 1 saturated carbocycles. The number of piperazine rings is 1. The average Bonchev–Trinajstić information content (AvgIpc) is 3.10. The fourth-order valence-corrected chi connectivity index (χ4v) is 3.10. The van der Waals surface area contributed by atoms with Crippen LogP contribution in [0.3, 0.4) is 0 Å². The first-order chi connectivity index (χ1) is 10.7. The molecule has 0 radical (unpaired) electrons. The van der Waals surface area contributed by atoms with Crippen LogP contribution in [0.25, 0.3) is 0 Å². The molecule has 1 aliphatic carbocycles. The van der Waals surface area contributed by atoms with Crippen molar-refractivity contribution < 1.29 is 9.05 Å². The largest absolute Gasteiger partial charge is 0.361 e. The van der Waals surface area contributed by atoms with Crippen LogP contribution >= 0.6 is 0 Å². The Morgan fingerprint density at radius 3 is 2.86 bits per heavy atom. The number of hydrogen-bond acceptors (Lipinski definition) is 7. The topological polar surface area (TPSA) is 71.4 Å². The highest BCUT2D eigenvalue weighted by Crippen LogP contribution is 2.42. The molecule has 2 aliphatic rings. The van der Waals surface area contributed by atoms with Crippen LogP contribution in [-0.4, -0.2) is 51.8 Å². The number of likely N-dealkylation sites (N-methyl/N-ethyl adjacent to an activating group) is 1. The zero-order valence-electron chi connectivity index (χ0n) is 13.0. The number of nitrogens with zero attached hydrogens (tertiary/aromatic N) is 5. The van der Waals surface area contributed by atoms with E-state index >= 15 is 0 Å². The summed E-state index contributed by atoms with van der Waals surface area (Å²) in [6.07, 6.45) is 4.33. The van der Waals surface area contributed by atoms with Crippen molar-refractivity contribution in [1.29, 1.82) is 0 Å². The highest BCUT2D eigenvalue weighted by atomic mass is 16.5. The molecule has 1 atom stereocenters. The first-order valence-electron chi connectivity index (χ1n) is 7.87. The molecule has 0 aromatic carbocycles. The molecule has 118 valence electrons. The molecule has 4 rings (SSSR count). The third-order valence-corrected chi connectivity index (χ3v) is 4.58. The third-order valence-electron chi connectivity index (χ3n) is 4.58. The second-order valence-electron chi connectivity index (χ2n) is 6.40. The van der Waals surface area contributed by atoms with E-state index in [1.54, 1.807) is 0 Å². The molecule has 0 spiro atoms. The Hall–Kier alpha value is -1.73. The van der Waals surface area contributed by atoms with E-state index in [1.165, 1.54) is 18.4 Å². The van der Waals surface area contributed by atoms with Gasteiger partial charge in [0.15, 0.2) is 5.82 Å². The summed E-state index contributed by atoms with van der Waals surface area (Å²) in [4.78, 5) is 9.09. The van der Waals surface area contributed by atoms with E-state index < -0.39 is 0 Å². The van der Waals surface area contributed by atoms with Crippen LogP contribution in [-0.2, 0) is 6.54 Å². The minimum atomic E-state index is 0.152. The maximum absolute atomic E-state index is 5.44. The summed E-state index contributed by atoms with van der Waals surface area (Å²) in [5.74, 6) is 3.08. The molecule has 7 heteroatoms. The van der Waals surface area contributed by atoms with E-state index in [2.05, 4.69) is 32.1 Å². The van der Waals surface area contributed by atoms with E-state index in [9.17, 15) is 0 Å². The molecule has 0 bridgehead atoms. The predicted octanol–water partition coefficient (Wildman–Crippen LogP) is 1.73. The minimum Gasteiger partial charge on any atom is -0.361 e. The molecule has 2 aromatic heterocycles. The smallest absolute Gasteiger partial charge is 0.245 e. The van der Waals surface area contributed by atoms with Gasteiger partial charge in [-0.15, -0.1) is 0 Å². The summed E-state index contributed by atoms with van der Waals surface area (Å²) in [7, 11) is 2.11. The third kappa shape index (κ3) is 2.66. The van der Waals surface area contributed by atoms with Crippen molar-refractivity contribution in [2.75, 3.05) is 26.7 Å². The van der Waals surface area contributed by atoms with Gasteiger partial charge in [0.25, 0.3) is 0 Å². The van der Waals surface area contributed by atoms with Gasteiger partial charge in [-0.1, -0.05) is 10.3 Å². The van der Waals surface area contributed by atoms with E-state index in [0.29, 0.717) is 17.6 Å². The first-order valence-corrected chi connectivity index (χ1v) is 7.87. The number of aryl methyl sites for hydroxylation is 1. The van der Waals surface area contributed by atoms with Gasteiger partial charge in [-0.3, -0.25) is 9.80 Å². The van der Waals surface area contributed by atoms with Gasteiger partial charge >= 0.3 is 0 Å². The lowest BCUT2D eigenvalue weighted by Gasteiger charge is -2.37. The Labute approximate surface area is 129 Å².